The highest BCUT2D eigenvalue weighted by atomic mass is 19.1. The van der Waals surface area contributed by atoms with Crippen LogP contribution in [0.15, 0.2) is 42.5 Å². The number of benzene rings is 2. The molecule has 0 saturated carbocycles. The molecule has 2 atom stereocenters. The molecule has 1 fully saturated rings. The van der Waals surface area contributed by atoms with E-state index in [9.17, 15) is 18.8 Å². The van der Waals surface area contributed by atoms with Gasteiger partial charge in [0.05, 0.1) is 6.04 Å². The van der Waals surface area contributed by atoms with Crippen molar-refractivity contribution in [3.63, 3.8) is 0 Å². The molecule has 8 nitrogen and oxygen atoms in total. The lowest BCUT2D eigenvalue weighted by molar-refractivity contribution is -0.135. The zero-order valence-corrected chi connectivity index (χ0v) is 17.8. The molecule has 2 N–H and O–H groups in total. The van der Waals surface area contributed by atoms with Gasteiger partial charge in [-0.1, -0.05) is 25.1 Å². The van der Waals surface area contributed by atoms with E-state index < -0.39 is 35.7 Å². The summed E-state index contributed by atoms with van der Waals surface area (Å²) in [7, 11) is 0. The average Bonchev–Trinajstić information content (AvgIpc) is 3.04. The zero-order chi connectivity index (χ0) is 22.9. The lowest BCUT2D eigenvalue weighted by Crippen LogP contribution is -2.45. The molecule has 0 aliphatic carbocycles. The fourth-order valence-corrected chi connectivity index (χ4v) is 3.99. The first-order valence-electron chi connectivity index (χ1n) is 10.4. The second-order valence-electron chi connectivity index (χ2n) is 7.78. The third kappa shape index (κ3) is 3.86. The van der Waals surface area contributed by atoms with Crippen LogP contribution < -0.4 is 20.1 Å². The quantitative estimate of drug-likeness (QED) is 0.672. The minimum Gasteiger partial charge on any atom is -0.486 e. The van der Waals surface area contributed by atoms with Gasteiger partial charge in [-0.15, -0.1) is 0 Å². The van der Waals surface area contributed by atoms with E-state index in [2.05, 4.69) is 10.6 Å². The Morgan fingerprint density at radius 2 is 1.84 bits per heavy atom. The van der Waals surface area contributed by atoms with E-state index in [4.69, 9.17) is 9.47 Å². The summed E-state index contributed by atoms with van der Waals surface area (Å²) in [4.78, 5) is 39.2. The van der Waals surface area contributed by atoms with Crippen LogP contribution in [0.5, 0.6) is 11.5 Å². The van der Waals surface area contributed by atoms with Crippen molar-refractivity contribution < 1.29 is 28.2 Å². The predicted molar refractivity (Wildman–Crippen MR) is 113 cm³/mol. The Kier molecular flexibility index (Phi) is 5.73. The maximum Gasteiger partial charge on any atom is 0.325 e. The van der Waals surface area contributed by atoms with Gasteiger partial charge in [0.15, 0.2) is 11.5 Å². The molecular weight excluding hydrogens is 417 g/mol. The first-order chi connectivity index (χ1) is 15.3. The second kappa shape index (κ2) is 8.49. The molecule has 0 spiro atoms. The number of hydrogen-bond donors (Lipinski definition) is 2. The number of imide groups is 1. The molecule has 2 heterocycles. The highest BCUT2D eigenvalue weighted by Gasteiger charge is 2.51. The van der Waals surface area contributed by atoms with Crippen molar-refractivity contribution in [2.45, 2.75) is 31.8 Å². The van der Waals surface area contributed by atoms with E-state index in [0.717, 1.165) is 10.5 Å². The first-order valence-corrected chi connectivity index (χ1v) is 10.4. The molecule has 4 rings (SSSR count). The van der Waals surface area contributed by atoms with Crippen molar-refractivity contribution in [2.24, 2.45) is 0 Å². The Morgan fingerprint density at radius 1 is 1.16 bits per heavy atom. The molecular formula is C23H24FN3O5. The van der Waals surface area contributed by atoms with Crippen LogP contribution in [0.4, 0.5) is 9.18 Å². The normalized spacial score (nSPS) is 20.7. The van der Waals surface area contributed by atoms with Gasteiger partial charge in [0.1, 0.15) is 31.1 Å². The van der Waals surface area contributed by atoms with Gasteiger partial charge in [-0.2, -0.15) is 0 Å². The summed E-state index contributed by atoms with van der Waals surface area (Å²) < 4.78 is 24.4. The van der Waals surface area contributed by atoms with Gasteiger partial charge >= 0.3 is 6.03 Å². The SMILES string of the molecule is CC[C@]1(c2ccc(F)cc2)NC(=O)N(CC(=O)N[C@@H](C)c2ccc3c(c2)OCCO3)C1=O. The second-order valence-corrected chi connectivity index (χ2v) is 7.78. The van der Waals surface area contributed by atoms with Gasteiger partial charge < -0.3 is 20.1 Å². The van der Waals surface area contributed by atoms with Gasteiger partial charge in [-0.25, -0.2) is 9.18 Å². The minimum atomic E-state index is -1.33. The summed E-state index contributed by atoms with van der Waals surface area (Å²) in [5, 5.41) is 5.49. The van der Waals surface area contributed by atoms with E-state index >= 15 is 0 Å². The first kappa shape index (κ1) is 21.6. The van der Waals surface area contributed by atoms with Crippen LogP contribution in [-0.4, -0.2) is 42.5 Å². The molecule has 9 heteroatoms. The number of nitrogens with one attached hydrogen (secondary N) is 2. The molecule has 0 unspecified atom stereocenters. The van der Waals surface area contributed by atoms with Crippen molar-refractivity contribution >= 4 is 17.8 Å². The largest absolute Gasteiger partial charge is 0.486 e. The fourth-order valence-electron chi connectivity index (χ4n) is 3.99. The smallest absolute Gasteiger partial charge is 0.325 e. The maximum absolute atomic E-state index is 13.3. The highest BCUT2D eigenvalue weighted by molar-refractivity contribution is 6.09. The summed E-state index contributed by atoms with van der Waals surface area (Å²) in [5.41, 5.74) is -0.0618. The average molecular weight is 441 g/mol. The van der Waals surface area contributed by atoms with Crippen molar-refractivity contribution in [2.75, 3.05) is 19.8 Å². The Bertz CT molecular complexity index is 1060. The van der Waals surface area contributed by atoms with Gasteiger partial charge in [-0.3, -0.25) is 14.5 Å². The number of halogens is 1. The number of carbonyl (C=O) groups is 3. The Morgan fingerprint density at radius 3 is 2.53 bits per heavy atom. The Balaban J connectivity index is 1.45. The van der Waals surface area contributed by atoms with E-state index in [1.807, 2.05) is 6.07 Å². The maximum atomic E-state index is 13.3. The third-order valence-corrected chi connectivity index (χ3v) is 5.79. The van der Waals surface area contributed by atoms with Crippen molar-refractivity contribution in [3.05, 3.63) is 59.4 Å². The monoisotopic (exact) mass is 441 g/mol. The number of amides is 4. The highest BCUT2D eigenvalue weighted by Crippen LogP contribution is 2.34. The van der Waals surface area contributed by atoms with Crippen LogP contribution >= 0.6 is 0 Å². The third-order valence-electron chi connectivity index (χ3n) is 5.79. The van der Waals surface area contributed by atoms with Crippen LogP contribution in [0.2, 0.25) is 0 Å². The number of nitrogens with zero attached hydrogens (tertiary/aromatic N) is 1. The van der Waals surface area contributed by atoms with E-state index in [-0.39, 0.29) is 12.5 Å². The molecule has 168 valence electrons. The number of carbonyl (C=O) groups excluding carboxylic acids is 3. The number of hydrogen-bond acceptors (Lipinski definition) is 5. The van der Waals surface area contributed by atoms with E-state index in [0.29, 0.717) is 30.3 Å². The molecule has 2 aromatic carbocycles. The van der Waals surface area contributed by atoms with Crippen molar-refractivity contribution in [1.29, 1.82) is 0 Å². The van der Waals surface area contributed by atoms with Gasteiger partial charge in [0.25, 0.3) is 5.91 Å². The van der Waals surface area contributed by atoms with Gasteiger partial charge in [-0.05, 0) is 48.7 Å². The van der Waals surface area contributed by atoms with Gasteiger partial charge in [0.2, 0.25) is 5.91 Å². The van der Waals surface area contributed by atoms with E-state index in [1.54, 1.807) is 26.0 Å². The molecule has 0 bridgehead atoms. The standard InChI is InChI=1S/C23H24FN3O5/c1-3-23(16-5-7-17(24)8-6-16)21(29)27(22(30)26-23)13-20(28)25-14(2)15-4-9-18-19(12-15)32-11-10-31-18/h4-9,12,14H,3,10-11,13H2,1-2H3,(H,25,28)(H,26,30)/t14-,23+/m0/s1. The summed E-state index contributed by atoms with van der Waals surface area (Å²) in [5.74, 6) is -0.215. The predicted octanol–water partition coefficient (Wildman–Crippen LogP) is 2.63. The minimum absolute atomic E-state index is 0.259. The number of rotatable bonds is 6. The van der Waals surface area contributed by atoms with Crippen LogP contribution in [0, 0.1) is 5.82 Å². The summed E-state index contributed by atoms with van der Waals surface area (Å²) in [6.45, 7) is 4.06. The van der Waals surface area contributed by atoms with Gasteiger partial charge in [0, 0.05) is 0 Å². The molecule has 2 aliphatic heterocycles. The fraction of sp³-hybridized carbons (Fsp3) is 0.348. The Labute approximate surface area is 184 Å². The summed E-state index contributed by atoms with van der Waals surface area (Å²) in [6, 6.07) is 9.74. The van der Waals surface area contributed by atoms with E-state index in [1.165, 1.54) is 24.3 Å². The molecule has 2 aliphatic rings. The molecule has 32 heavy (non-hydrogen) atoms. The summed E-state index contributed by atoms with van der Waals surface area (Å²) in [6.07, 6.45) is 0.259. The van der Waals surface area contributed by atoms with Crippen molar-refractivity contribution in [1.82, 2.24) is 15.5 Å². The molecule has 4 amide bonds. The number of ether oxygens (including phenoxy) is 2. The van der Waals surface area contributed by atoms with Crippen LogP contribution in [-0.2, 0) is 15.1 Å². The van der Waals surface area contributed by atoms with Crippen LogP contribution in [0.1, 0.15) is 37.4 Å². The van der Waals surface area contributed by atoms with Crippen LogP contribution in [0.3, 0.4) is 0 Å². The zero-order valence-electron chi connectivity index (χ0n) is 17.8. The van der Waals surface area contributed by atoms with Crippen LogP contribution in [0.25, 0.3) is 0 Å². The topological polar surface area (TPSA) is 97.0 Å². The van der Waals surface area contributed by atoms with Crippen molar-refractivity contribution in [3.8, 4) is 11.5 Å². The molecule has 0 aromatic heterocycles. The lowest BCUT2D eigenvalue weighted by atomic mass is 9.87. The number of urea groups is 1. The molecule has 0 radical (unpaired) electrons. The molecule has 1 saturated heterocycles. The Hall–Kier alpha value is -3.62. The summed E-state index contributed by atoms with van der Waals surface area (Å²) >= 11 is 0. The lowest BCUT2D eigenvalue weighted by Gasteiger charge is -2.26. The number of fused-ring (bicyclic) bond motifs is 1. The molecule has 2 aromatic rings.